The van der Waals surface area contributed by atoms with Gasteiger partial charge in [0.2, 0.25) is 0 Å². The molecule has 11 heteroatoms. The van der Waals surface area contributed by atoms with E-state index in [0.717, 1.165) is 51.4 Å². The van der Waals surface area contributed by atoms with Crippen LogP contribution in [0.2, 0.25) is 0 Å². The number of nitrogens with two attached hydrogens (primary N) is 1. The molecule has 0 bridgehead atoms. The van der Waals surface area contributed by atoms with Crippen molar-refractivity contribution < 1.29 is 42.7 Å². The number of hydrogen-bond acceptors (Lipinski definition) is 8. The molecule has 0 fully saturated rings. The first kappa shape index (κ1) is 47.7. The Kier molecular flexibility index (Phi) is 34.2. The quantitative estimate of drug-likeness (QED) is 0.0243. The topological polar surface area (TPSA) is 155 Å². The van der Waals surface area contributed by atoms with Gasteiger partial charge in [-0.05, 0) is 38.5 Å². The molecule has 0 aliphatic heterocycles. The molecule has 0 radical (unpaired) electrons. The van der Waals surface area contributed by atoms with Gasteiger partial charge in [-0.15, -0.1) is 0 Å². The largest absolute Gasteiger partial charge is 0.480 e. The molecule has 0 rings (SSSR count). The minimum absolute atomic E-state index is 0.0186. The first-order valence-corrected chi connectivity index (χ1v) is 21.2. The number of carboxylic acids is 1. The van der Waals surface area contributed by atoms with Crippen molar-refractivity contribution in [3.63, 3.8) is 0 Å². The van der Waals surface area contributed by atoms with E-state index in [4.69, 9.17) is 29.4 Å². The van der Waals surface area contributed by atoms with Crippen LogP contribution in [0.15, 0.2) is 12.2 Å². The molecule has 0 heterocycles. The summed E-state index contributed by atoms with van der Waals surface area (Å²) < 4.78 is 33.2. The molecule has 10 nitrogen and oxygen atoms in total. The maximum absolute atomic E-state index is 12.6. The molecule has 0 aliphatic carbocycles. The molecule has 4 N–H and O–H groups in total. The zero-order valence-electron chi connectivity index (χ0n) is 31.3. The lowest BCUT2D eigenvalue weighted by Crippen LogP contribution is -2.34. The zero-order chi connectivity index (χ0) is 36.3. The van der Waals surface area contributed by atoms with Gasteiger partial charge < -0.3 is 25.2 Å². The third kappa shape index (κ3) is 34.9. The molecule has 0 aromatic carbocycles. The molecule has 0 amide bonds. The fourth-order valence-electron chi connectivity index (χ4n) is 5.42. The number of rotatable bonds is 38. The highest BCUT2D eigenvalue weighted by Crippen LogP contribution is 2.43. The number of unbranched alkanes of at least 4 members (excludes halogenated alkanes) is 22. The Bertz CT molecular complexity index is 842. The summed E-state index contributed by atoms with van der Waals surface area (Å²) in [6.07, 6.45) is 34.0. The summed E-state index contributed by atoms with van der Waals surface area (Å²) in [5.41, 5.74) is 5.34. The van der Waals surface area contributed by atoms with Crippen molar-refractivity contribution in [3.8, 4) is 0 Å². The standard InChI is InChI=1S/C38H74NO9P/c1-3-5-7-9-11-13-15-17-18-19-20-22-24-26-28-30-37(40)48-35(33-46-49(43,44)47-34-36(39)38(41)42)32-45-31-29-27-25-23-21-16-14-12-10-8-6-4-2/h17-18,35-36H,3-16,19-34,39H2,1-2H3,(H,41,42)(H,43,44)/b18-17-. The molecule has 290 valence electrons. The van der Waals surface area contributed by atoms with Crippen LogP contribution in [-0.4, -0.2) is 60.5 Å². The van der Waals surface area contributed by atoms with Crippen LogP contribution in [-0.2, 0) is 32.7 Å². The third-order valence-electron chi connectivity index (χ3n) is 8.54. The minimum Gasteiger partial charge on any atom is -0.480 e. The van der Waals surface area contributed by atoms with Crippen LogP contribution in [0.4, 0.5) is 0 Å². The Balaban J connectivity index is 4.29. The lowest BCUT2D eigenvalue weighted by Gasteiger charge is -2.20. The molecule has 0 aliphatic rings. The van der Waals surface area contributed by atoms with Gasteiger partial charge >= 0.3 is 19.8 Å². The summed E-state index contributed by atoms with van der Waals surface area (Å²) in [5.74, 6) is -1.78. The summed E-state index contributed by atoms with van der Waals surface area (Å²) in [7, 11) is -4.61. The number of carboxylic acid groups (broad SMARTS) is 1. The van der Waals surface area contributed by atoms with Gasteiger partial charge in [-0.1, -0.05) is 148 Å². The average molecular weight is 720 g/mol. The van der Waals surface area contributed by atoms with Gasteiger partial charge in [-0.25, -0.2) is 4.57 Å². The van der Waals surface area contributed by atoms with Gasteiger partial charge in [-0.3, -0.25) is 18.6 Å². The van der Waals surface area contributed by atoms with E-state index >= 15 is 0 Å². The van der Waals surface area contributed by atoms with Crippen LogP contribution >= 0.6 is 7.82 Å². The summed E-state index contributed by atoms with van der Waals surface area (Å²) in [5, 5.41) is 8.86. The molecule has 0 saturated heterocycles. The number of phosphoric acid groups is 1. The van der Waals surface area contributed by atoms with Gasteiger partial charge in [0.25, 0.3) is 0 Å². The highest BCUT2D eigenvalue weighted by Gasteiger charge is 2.27. The number of ether oxygens (including phenoxy) is 2. The van der Waals surface area contributed by atoms with E-state index in [-0.39, 0.29) is 13.0 Å². The van der Waals surface area contributed by atoms with Gasteiger partial charge in [0, 0.05) is 13.0 Å². The molecular weight excluding hydrogens is 645 g/mol. The van der Waals surface area contributed by atoms with Crippen molar-refractivity contribution in [3.05, 3.63) is 12.2 Å². The van der Waals surface area contributed by atoms with E-state index in [0.29, 0.717) is 13.0 Å². The van der Waals surface area contributed by atoms with E-state index in [1.165, 1.54) is 103 Å². The zero-order valence-corrected chi connectivity index (χ0v) is 32.2. The number of phosphoric ester groups is 1. The second kappa shape index (κ2) is 35.1. The Hall–Kier alpha value is -1.29. The Morgan fingerprint density at radius 3 is 1.55 bits per heavy atom. The molecule has 3 atom stereocenters. The van der Waals surface area contributed by atoms with Gasteiger partial charge in [-0.2, -0.15) is 0 Å². The van der Waals surface area contributed by atoms with E-state index in [9.17, 15) is 19.0 Å². The van der Waals surface area contributed by atoms with Crippen LogP contribution in [0.3, 0.4) is 0 Å². The molecule has 0 aromatic rings. The van der Waals surface area contributed by atoms with Crippen LogP contribution in [0.1, 0.15) is 181 Å². The predicted molar refractivity (Wildman–Crippen MR) is 199 cm³/mol. The lowest BCUT2D eigenvalue weighted by atomic mass is 10.1. The van der Waals surface area contributed by atoms with Crippen LogP contribution in [0.5, 0.6) is 0 Å². The maximum atomic E-state index is 12.6. The second-order valence-electron chi connectivity index (χ2n) is 13.4. The highest BCUT2D eigenvalue weighted by molar-refractivity contribution is 7.47. The summed E-state index contributed by atoms with van der Waals surface area (Å²) in [6.45, 7) is 3.87. The van der Waals surface area contributed by atoms with Crippen molar-refractivity contribution >= 4 is 19.8 Å². The normalized spacial score (nSPS) is 14.2. The fourth-order valence-corrected chi connectivity index (χ4v) is 6.20. The number of carbonyl (C=O) groups is 2. The summed E-state index contributed by atoms with van der Waals surface area (Å²) in [6, 6.07) is -1.47. The van der Waals surface area contributed by atoms with E-state index < -0.39 is 45.1 Å². The van der Waals surface area contributed by atoms with E-state index in [2.05, 4.69) is 26.0 Å². The number of carbonyl (C=O) groups excluding carboxylic acids is 1. The van der Waals surface area contributed by atoms with Crippen molar-refractivity contribution in [2.75, 3.05) is 26.4 Å². The summed E-state index contributed by atoms with van der Waals surface area (Å²) in [4.78, 5) is 33.4. The molecule has 49 heavy (non-hydrogen) atoms. The third-order valence-corrected chi connectivity index (χ3v) is 9.50. The van der Waals surface area contributed by atoms with Crippen molar-refractivity contribution in [1.29, 1.82) is 0 Å². The first-order valence-electron chi connectivity index (χ1n) is 19.7. The Labute approximate surface area is 299 Å². The molecule has 3 unspecified atom stereocenters. The number of allylic oxidation sites excluding steroid dienone is 2. The number of esters is 1. The SMILES string of the molecule is CCCCCCCC/C=C\CCCCCCCC(=O)OC(COCCCCCCCCCCCCCC)COP(=O)(O)OCC(N)C(=O)O. The average Bonchev–Trinajstić information content (AvgIpc) is 3.07. The van der Waals surface area contributed by atoms with Gasteiger partial charge in [0.1, 0.15) is 12.1 Å². The fraction of sp³-hybridized carbons (Fsp3) is 0.895. The van der Waals surface area contributed by atoms with Crippen LogP contribution < -0.4 is 5.73 Å². The smallest absolute Gasteiger partial charge is 0.472 e. The predicted octanol–water partition coefficient (Wildman–Crippen LogP) is 10.2. The second-order valence-corrected chi connectivity index (χ2v) is 14.9. The summed E-state index contributed by atoms with van der Waals surface area (Å²) >= 11 is 0. The van der Waals surface area contributed by atoms with Crippen LogP contribution in [0.25, 0.3) is 0 Å². The van der Waals surface area contributed by atoms with Crippen molar-refractivity contribution in [2.45, 2.75) is 193 Å². The molecule has 0 spiro atoms. The Morgan fingerprint density at radius 1 is 0.633 bits per heavy atom. The van der Waals surface area contributed by atoms with Crippen LogP contribution in [0, 0.1) is 0 Å². The monoisotopic (exact) mass is 720 g/mol. The van der Waals surface area contributed by atoms with Crippen molar-refractivity contribution in [2.24, 2.45) is 5.73 Å². The minimum atomic E-state index is -4.61. The van der Waals surface area contributed by atoms with Crippen molar-refractivity contribution in [1.82, 2.24) is 0 Å². The van der Waals surface area contributed by atoms with E-state index in [1.54, 1.807) is 0 Å². The molecule has 0 saturated carbocycles. The first-order chi connectivity index (χ1) is 23.7. The van der Waals surface area contributed by atoms with E-state index in [1.807, 2.05) is 0 Å². The Morgan fingerprint density at radius 2 is 1.06 bits per heavy atom. The maximum Gasteiger partial charge on any atom is 0.472 e. The molecular formula is C38H74NO9P. The van der Waals surface area contributed by atoms with Gasteiger partial charge in [0.05, 0.1) is 19.8 Å². The highest BCUT2D eigenvalue weighted by atomic mass is 31.2. The number of hydrogen-bond donors (Lipinski definition) is 3. The number of aliphatic carboxylic acids is 1. The van der Waals surface area contributed by atoms with Gasteiger partial charge in [0.15, 0.2) is 0 Å². The molecule has 0 aromatic heterocycles. The lowest BCUT2D eigenvalue weighted by molar-refractivity contribution is -0.154.